The van der Waals surface area contributed by atoms with E-state index in [-0.39, 0.29) is 11.0 Å². The Morgan fingerprint density at radius 1 is 1.22 bits per heavy atom. The zero-order valence-electron chi connectivity index (χ0n) is 12.3. The first-order valence-electron chi connectivity index (χ1n) is 7.08. The van der Waals surface area contributed by atoms with Gasteiger partial charge in [-0.3, -0.25) is 0 Å². The van der Waals surface area contributed by atoms with Crippen molar-refractivity contribution in [3.63, 3.8) is 0 Å². The summed E-state index contributed by atoms with van der Waals surface area (Å²) in [5.41, 5.74) is 0.617. The highest BCUT2D eigenvalue weighted by molar-refractivity contribution is 6.33. The first kappa shape index (κ1) is 16.1. The van der Waals surface area contributed by atoms with E-state index in [9.17, 15) is 9.18 Å². The Morgan fingerprint density at radius 2 is 1.91 bits per heavy atom. The number of esters is 1. The van der Waals surface area contributed by atoms with Crippen LogP contribution in [0.15, 0.2) is 42.5 Å². The van der Waals surface area contributed by atoms with Crippen LogP contribution in [0.3, 0.4) is 0 Å². The molecule has 3 nitrogen and oxygen atoms in total. The summed E-state index contributed by atoms with van der Waals surface area (Å²) in [5.74, 6) is -0.802. The number of cyclic esters (lactones) is 1. The highest BCUT2D eigenvalue weighted by atomic mass is 35.5. The minimum atomic E-state index is -0.744. The lowest BCUT2D eigenvalue weighted by Gasteiger charge is -2.23. The van der Waals surface area contributed by atoms with Crippen molar-refractivity contribution in [1.82, 2.24) is 0 Å². The third-order valence-corrected chi connectivity index (χ3v) is 4.48. The van der Waals surface area contributed by atoms with Gasteiger partial charge in [-0.15, -0.1) is 0 Å². The van der Waals surface area contributed by atoms with Crippen LogP contribution in [0.5, 0.6) is 0 Å². The molecule has 0 aliphatic carbocycles. The fourth-order valence-corrected chi connectivity index (χ4v) is 3.04. The second kappa shape index (κ2) is 6.02. The van der Waals surface area contributed by atoms with Crippen LogP contribution in [0, 0.1) is 5.82 Å². The smallest absolute Gasteiger partial charge is 0.329 e. The Morgan fingerprint density at radius 3 is 2.57 bits per heavy atom. The Hall–Kier alpha value is -1.78. The fraction of sp³-hybridized carbons (Fsp3) is 0.235. The molecule has 0 amide bonds. The summed E-state index contributed by atoms with van der Waals surface area (Å²) in [4.78, 5) is 12.2. The second-order valence-corrected chi connectivity index (χ2v) is 6.53. The summed E-state index contributed by atoms with van der Waals surface area (Å²) in [7, 11) is 0. The van der Waals surface area contributed by atoms with Crippen molar-refractivity contribution < 1.29 is 13.9 Å². The van der Waals surface area contributed by atoms with Gasteiger partial charge in [0.1, 0.15) is 17.5 Å². The van der Waals surface area contributed by atoms with Gasteiger partial charge < -0.3 is 10.1 Å². The molecular weight excluding hydrogens is 340 g/mol. The number of hydrogen-bond acceptors (Lipinski definition) is 3. The van der Waals surface area contributed by atoms with Crippen LogP contribution < -0.4 is 5.32 Å². The SMILES string of the molecule is CC1(c2ccc(Cl)cc2)CC(Nc2ccc(F)cc2Cl)C(=O)O1. The molecule has 6 heteroatoms. The number of anilines is 1. The number of hydrogen-bond donors (Lipinski definition) is 1. The van der Waals surface area contributed by atoms with Crippen LogP contribution >= 0.6 is 23.2 Å². The van der Waals surface area contributed by atoms with E-state index in [4.69, 9.17) is 27.9 Å². The van der Waals surface area contributed by atoms with Gasteiger partial charge in [0.15, 0.2) is 0 Å². The van der Waals surface area contributed by atoms with Gasteiger partial charge in [0.05, 0.1) is 10.7 Å². The molecule has 2 aromatic carbocycles. The molecular formula is C17H14Cl2FNO2. The molecule has 1 aliphatic rings. The molecule has 1 aliphatic heterocycles. The summed E-state index contributed by atoms with van der Waals surface area (Å²) < 4.78 is 18.7. The van der Waals surface area contributed by atoms with Gasteiger partial charge in [0, 0.05) is 11.4 Å². The molecule has 0 spiro atoms. The quantitative estimate of drug-likeness (QED) is 0.807. The van der Waals surface area contributed by atoms with Gasteiger partial charge in [0.25, 0.3) is 0 Å². The van der Waals surface area contributed by atoms with Gasteiger partial charge >= 0.3 is 5.97 Å². The van der Waals surface area contributed by atoms with Gasteiger partial charge in [-0.1, -0.05) is 35.3 Å². The third kappa shape index (κ3) is 3.28. The molecule has 120 valence electrons. The molecule has 1 fully saturated rings. The number of carbonyl (C=O) groups is 1. The molecule has 2 atom stereocenters. The largest absolute Gasteiger partial charge is 0.453 e. The van der Waals surface area contributed by atoms with Crippen molar-refractivity contribution >= 4 is 34.9 Å². The zero-order valence-corrected chi connectivity index (χ0v) is 13.8. The Kier molecular flexibility index (Phi) is 4.21. The van der Waals surface area contributed by atoms with E-state index >= 15 is 0 Å². The molecule has 23 heavy (non-hydrogen) atoms. The summed E-state index contributed by atoms with van der Waals surface area (Å²) in [5, 5.41) is 3.86. The number of halogens is 3. The fourth-order valence-electron chi connectivity index (χ4n) is 2.69. The summed E-state index contributed by atoms with van der Waals surface area (Å²) in [6, 6.07) is 10.6. The summed E-state index contributed by atoms with van der Waals surface area (Å²) in [6.07, 6.45) is 0.432. The summed E-state index contributed by atoms with van der Waals surface area (Å²) >= 11 is 11.9. The van der Waals surface area contributed by atoms with Crippen molar-refractivity contribution in [2.24, 2.45) is 0 Å². The van der Waals surface area contributed by atoms with Gasteiger partial charge in [0.2, 0.25) is 0 Å². The first-order valence-corrected chi connectivity index (χ1v) is 7.83. The minimum Gasteiger partial charge on any atom is -0.453 e. The maximum atomic E-state index is 13.1. The first-order chi connectivity index (χ1) is 10.9. The zero-order chi connectivity index (χ0) is 16.6. The highest BCUT2D eigenvalue weighted by Crippen LogP contribution is 2.38. The molecule has 1 heterocycles. The average molecular weight is 354 g/mol. The van der Waals surface area contributed by atoms with Crippen LogP contribution in [0.1, 0.15) is 18.9 Å². The number of rotatable bonds is 3. The maximum absolute atomic E-state index is 13.1. The van der Waals surface area contributed by atoms with E-state index in [1.54, 1.807) is 12.1 Å². The van der Waals surface area contributed by atoms with E-state index in [0.717, 1.165) is 5.56 Å². The van der Waals surface area contributed by atoms with E-state index < -0.39 is 17.5 Å². The van der Waals surface area contributed by atoms with Crippen LogP contribution in [0.4, 0.5) is 10.1 Å². The van der Waals surface area contributed by atoms with Crippen LogP contribution in [-0.2, 0) is 15.1 Å². The number of nitrogens with one attached hydrogen (secondary N) is 1. The highest BCUT2D eigenvalue weighted by Gasteiger charge is 2.44. The van der Waals surface area contributed by atoms with Crippen LogP contribution in [0.25, 0.3) is 0 Å². The van der Waals surface area contributed by atoms with E-state index in [2.05, 4.69) is 5.32 Å². The Bertz CT molecular complexity index is 751. The van der Waals surface area contributed by atoms with E-state index in [1.165, 1.54) is 18.2 Å². The molecule has 0 radical (unpaired) electrons. The molecule has 0 bridgehead atoms. The minimum absolute atomic E-state index is 0.220. The molecule has 3 rings (SSSR count). The molecule has 2 unspecified atom stereocenters. The molecule has 1 N–H and O–H groups in total. The average Bonchev–Trinajstić information content (AvgIpc) is 2.78. The number of carbonyl (C=O) groups excluding carboxylic acids is 1. The molecule has 0 saturated carbocycles. The van der Waals surface area contributed by atoms with Crippen molar-refractivity contribution in [2.45, 2.75) is 25.0 Å². The van der Waals surface area contributed by atoms with Gasteiger partial charge in [-0.25, -0.2) is 9.18 Å². The maximum Gasteiger partial charge on any atom is 0.329 e. The lowest BCUT2D eigenvalue weighted by atomic mass is 9.91. The van der Waals surface area contributed by atoms with Crippen molar-refractivity contribution in [1.29, 1.82) is 0 Å². The molecule has 2 aromatic rings. The predicted octanol–water partition coefficient (Wildman–Crippen LogP) is 4.78. The van der Waals surface area contributed by atoms with E-state index in [1.807, 2.05) is 19.1 Å². The van der Waals surface area contributed by atoms with Gasteiger partial charge in [-0.05, 0) is 42.8 Å². The summed E-state index contributed by atoms with van der Waals surface area (Å²) in [6.45, 7) is 1.85. The number of ether oxygens (including phenoxy) is 1. The predicted molar refractivity (Wildman–Crippen MR) is 88.3 cm³/mol. The van der Waals surface area contributed by atoms with Crippen molar-refractivity contribution in [3.05, 3.63) is 63.9 Å². The Balaban J connectivity index is 1.80. The van der Waals surface area contributed by atoms with Crippen LogP contribution in [-0.4, -0.2) is 12.0 Å². The monoisotopic (exact) mass is 353 g/mol. The lowest BCUT2D eigenvalue weighted by molar-refractivity contribution is -0.148. The van der Waals surface area contributed by atoms with Crippen molar-refractivity contribution in [3.8, 4) is 0 Å². The molecule has 1 saturated heterocycles. The van der Waals surface area contributed by atoms with E-state index in [0.29, 0.717) is 17.1 Å². The van der Waals surface area contributed by atoms with Gasteiger partial charge in [-0.2, -0.15) is 0 Å². The topological polar surface area (TPSA) is 38.3 Å². The molecule has 0 aromatic heterocycles. The second-order valence-electron chi connectivity index (χ2n) is 5.68. The van der Waals surface area contributed by atoms with Crippen LogP contribution in [0.2, 0.25) is 10.0 Å². The number of benzene rings is 2. The normalized spacial score (nSPS) is 23.7. The standard InChI is InChI=1S/C17H14Cl2FNO2/c1-17(10-2-4-11(18)5-3-10)9-15(16(22)23-17)21-14-7-6-12(20)8-13(14)19/h2-8,15,21H,9H2,1H3. The third-order valence-electron chi connectivity index (χ3n) is 3.92. The Labute approximate surface area is 143 Å². The lowest BCUT2D eigenvalue weighted by Crippen LogP contribution is -2.25. The van der Waals surface area contributed by atoms with Crippen molar-refractivity contribution in [2.75, 3.05) is 5.32 Å².